The Bertz CT molecular complexity index is 389. The Kier molecular flexibility index (Phi) is 2.56. The summed E-state index contributed by atoms with van der Waals surface area (Å²) in [5.74, 6) is -5.21. The summed E-state index contributed by atoms with van der Waals surface area (Å²) in [6, 6.07) is 0.547. The zero-order valence-electron chi connectivity index (χ0n) is 7.86. The van der Waals surface area contributed by atoms with E-state index in [1.165, 1.54) is 0 Å². The van der Waals surface area contributed by atoms with Crippen molar-refractivity contribution < 1.29 is 18.3 Å². The summed E-state index contributed by atoms with van der Waals surface area (Å²) in [5, 5.41) is 12.3. The summed E-state index contributed by atoms with van der Waals surface area (Å²) < 4.78 is 38.7. The van der Waals surface area contributed by atoms with Gasteiger partial charge < -0.3 is 10.4 Å². The van der Waals surface area contributed by atoms with E-state index < -0.39 is 23.2 Å². The minimum atomic E-state index is -1.63. The molecular formula is C10H10F3NO. The van der Waals surface area contributed by atoms with Crippen molar-refractivity contribution in [1.29, 1.82) is 0 Å². The molecule has 0 saturated carbocycles. The van der Waals surface area contributed by atoms with Crippen molar-refractivity contribution in [2.75, 3.05) is 6.54 Å². The van der Waals surface area contributed by atoms with Gasteiger partial charge in [-0.2, -0.15) is 4.39 Å². The van der Waals surface area contributed by atoms with E-state index in [0.717, 1.165) is 19.0 Å². The molecule has 0 aliphatic carbocycles. The number of halogens is 3. The maximum atomic E-state index is 13.0. The normalized spacial score (nSPS) is 20.9. The third-order valence-electron chi connectivity index (χ3n) is 2.60. The highest BCUT2D eigenvalue weighted by molar-refractivity contribution is 5.38. The van der Waals surface area contributed by atoms with Crippen LogP contribution in [0.25, 0.3) is 0 Å². The smallest absolute Gasteiger partial charge is 0.203 e. The first-order valence-electron chi connectivity index (χ1n) is 4.71. The Hall–Kier alpha value is -1.23. The Balaban J connectivity index is 2.47. The number of aromatic hydroxyl groups is 1. The fourth-order valence-electron chi connectivity index (χ4n) is 1.82. The van der Waals surface area contributed by atoms with E-state index >= 15 is 0 Å². The number of rotatable bonds is 1. The van der Waals surface area contributed by atoms with Gasteiger partial charge in [0, 0.05) is 11.6 Å². The van der Waals surface area contributed by atoms with Crippen LogP contribution in [0.3, 0.4) is 0 Å². The highest BCUT2D eigenvalue weighted by atomic mass is 19.2. The van der Waals surface area contributed by atoms with Crippen LogP contribution in [0.1, 0.15) is 24.4 Å². The van der Waals surface area contributed by atoms with Crippen LogP contribution in [-0.4, -0.2) is 11.7 Å². The molecule has 2 N–H and O–H groups in total. The van der Waals surface area contributed by atoms with Crippen molar-refractivity contribution in [2.24, 2.45) is 0 Å². The molecule has 2 rings (SSSR count). The lowest BCUT2D eigenvalue weighted by Gasteiger charge is -2.13. The number of nitrogens with one attached hydrogen (secondary N) is 1. The summed E-state index contributed by atoms with van der Waals surface area (Å²) in [7, 11) is 0. The topological polar surface area (TPSA) is 32.3 Å². The molecule has 82 valence electrons. The van der Waals surface area contributed by atoms with E-state index in [1.807, 2.05) is 0 Å². The summed E-state index contributed by atoms with van der Waals surface area (Å²) in [4.78, 5) is 0. The minimum absolute atomic E-state index is 0.0869. The van der Waals surface area contributed by atoms with Crippen molar-refractivity contribution in [1.82, 2.24) is 5.32 Å². The van der Waals surface area contributed by atoms with Crippen molar-refractivity contribution in [3.63, 3.8) is 0 Å². The van der Waals surface area contributed by atoms with Gasteiger partial charge >= 0.3 is 0 Å². The van der Waals surface area contributed by atoms with Crippen molar-refractivity contribution in [3.8, 4) is 5.75 Å². The van der Waals surface area contributed by atoms with Crippen LogP contribution in [0, 0.1) is 17.5 Å². The number of hydrogen-bond donors (Lipinski definition) is 2. The van der Waals surface area contributed by atoms with Gasteiger partial charge in [0.1, 0.15) is 0 Å². The van der Waals surface area contributed by atoms with Crippen LogP contribution in [0.2, 0.25) is 0 Å². The molecule has 0 bridgehead atoms. The van der Waals surface area contributed by atoms with Crippen LogP contribution < -0.4 is 5.32 Å². The molecule has 0 unspecified atom stereocenters. The molecule has 1 aromatic rings. The zero-order valence-corrected chi connectivity index (χ0v) is 7.86. The Morgan fingerprint density at radius 2 is 2.00 bits per heavy atom. The van der Waals surface area contributed by atoms with Crippen molar-refractivity contribution in [3.05, 3.63) is 29.1 Å². The molecule has 15 heavy (non-hydrogen) atoms. The van der Waals surface area contributed by atoms with Crippen molar-refractivity contribution in [2.45, 2.75) is 18.9 Å². The van der Waals surface area contributed by atoms with E-state index in [4.69, 9.17) is 0 Å². The predicted octanol–water partition coefficient (Wildman–Crippen LogP) is 2.23. The molecule has 0 amide bonds. The fraction of sp³-hybridized carbons (Fsp3) is 0.400. The second-order valence-electron chi connectivity index (χ2n) is 3.57. The first-order valence-corrected chi connectivity index (χ1v) is 4.71. The van der Waals surface area contributed by atoms with Gasteiger partial charge in [-0.05, 0) is 25.5 Å². The SMILES string of the molecule is Oc1c([C@H]2CCCN2)cc(F)c(F)c1F. The predicted molar refractivity (Wildman–Crippen MR) is 48.0 cm³/mol. The second kappa shape index (κ2) is 3.73. The molecule has 1 atom stereocenters. The molecular weight excluding hydrogens is 207 g/mol. The second-order valence-corrected chi connectivity index (χ2v) is 3.57. The summed E-state index contributed by atoms with van der Waals surface area (Å²) >= 11 is 0. The molecule has 0 aromatic heterocycles. The number of benzene rings is 1. The first-order chi connectivity index (χ1) is 7.11. The summed E-state index contributed by atoms with van der Waals surface area (Å²) in [6.07, 6.45) is 1.54. The molecule has 5 heteroatoms. The molecule has 2 nitrogen and oxygen atoms in total. The maximum Gasteiger partial charge on any atom is 0.203 e. The third kappa shape index (κ3) is 1.67. The Morgan fingerprint density at radius 3 is 2.60 bits per heavy atom. The molecule has 0 spiro atoms. The van der Waals surface area contributed by atoms with E-state index in [9.17, 15) is 18.3 Å². The monoisotopic (exact) mass is 217 g/mol. The largest absolute Gasteiger partial charge is 0.505 e. The van der Waals surface area contributed by atoms with Crippen LogP contribution >= 0.6 is 0 Å². The Morgan fingerprint density at radius 1 is 1.27 bits per heavy atom. The molecule has 0 radical (unpaired) electrons. The van der Waals surface area contributed by atoms with Crippen LogP contribution in [-0.2, 0) is 0 Å². The van der Waals surface area contributed by atoms with Gasteiger partial charge in [0.25, 0.3) is 0 Å². The molecule has 1 fully saturated rings. The van der Waals surface area contributed by atoms with Gasteiger partial charge in [-0.25, -0.2) is 8.78 Å². The lowest BCUT2D eigenvalue weighted by Crippen LogP contribution is -2.14. The van der Waals surface area contributed by atoms with Gasteiger partial charge in [0.2, 0.25) is 5.82 Å². The van der Waals surface area contributed by atoms with Gasteiger partial charge in [-0.15, -0.1) is 0 Å². The summed E-state index contributed by atoms with van der Waals surface area (Å²) in [5.41, 5.74) is 0.0869. The third-order valence-corrected chi connectivity index (χ3v) is 2.60. The molecule has 1 aliphatic rings. The Labute approximate surface area is 84.7 Å². The molecule has 1 heterocycles. The lowest BCUT2D eigenvalue weighted by molar-refractivity contribution is 0.375. The molecule has 1 aliphatic heterocycles. The number of phenols is 1. The van der Waals surface area contributed by atoms with Crippen LogP contribution in [0.4, 0.5) is 13.2 Å². The highest BCUT2D eigenvalue weighted by Crippen LogP contribution is 2.34. The average molecular weight is 217 g/mol. The van der Waals surface area contributed by atoms with Crippen LogP contribution in [0.15, 0.2) is 6.07 Å². The fourth-order valence-corrected chi connectivity index (χ4v) is 1.82. The van der Waals surface area contributed by atoms with Gasteiger partial charge in [-0.3, -0.25) is 0 Å². The highest BCUT2D eigenvalue weighted by Gasteiger charge is 2.25. The average Bonchev–Trinajstić information content (AvgIpc) is 2.73. The standard InChI is InChI=1S/C10H10F3NO/c11-6-4-5(7-2-1-3-14-7)10(15)9(13)8(6)12/h4,7,14-15H,1-3H2/t7-/m1/s1. The maximum absolute atomic E-state index is 13.0. The summed E-state index contributed by atoms with van der Waals surface area (Å²) in [6.45, 7) is 0.727. The molecule has 1 aromatic carbocycles. The quantitative estimate of drug-likeness (QED) is 0.707. The van der Waals surface area contributed by atoms with E-state index in [-0.39, 0.29) is 11.6 Å². The number of phenolic OH excluding ortho intramolecular Hbond substituents is 1. The van der Waals surface area contributed by atoms with E-state index in [1.54, 1.807) is 0 Å². The van der Waals surface area contributed by atoms with Gasteiger partial charge in [0.05, 0.1) is 0 Å². The first kappa shape index (κ1) is 10.3. The molecule has 1 saturated heterocycles. The van der Waals surface area contributed by atoms with Gasteiger partial charge in [-0.1, -0.05) is 0 Å². The van der Waals surface area contributed by atoms with Crippen molar-refractivity contribution >= 4 is 0 Å². The number of hydrogen-bond acceptors (Lipinski definition) is 2. The van der Waals surface area contributed by atoms with Gasteiger partial charge in [0.15, 0.2) is 17.4 Å². The lowest BCUT2D eigenvalue weighted by atomic mass is 10.0. The van der Waals surface area contributed by atoms with E-state index in [0.29, 0.717) is 6.42 Å². The minimum Gasteiger partial charge on any atom is -0.505 e. The van der Waals surface area contributed by atoms with Crippen LogP contribution in [0.5, 0.6) is 5.75 Å². The zero-order chi connectivity index (χ0) is 11.0. The van der Waals surface area contributed by atoms with E-state index in [2.05, 4.69) is 5.32 Å².